The Morgan fingerprint density at radius 2 is 1.79 bits per heavy atom. The second-order valence-corrected chi connectivity index (χ2v) is 5.05. The number of carbonyl (C=O) groups excluding carboxylic acids is 1. The molecule has 0 saturated carbocycles. The Kier molecular flexibility index (Phi) is 7.49. The molecule has 4 nitrogen and oxygen atoms in total. The molecule has 19 heavy (non-hydrogen) atoms. The van der Waals surface area contributed by atoms with E-state index in [2.05, 4.69) is 5.32 Å². The number of hydrogen-bond donors (Lipinski definition) is 3. The third-order valence-electron chi connectivity index (χ3n) is 2.89. The van der Waals surface area contributed by atoms with Crippen molar-refractivity contribution < 1.29 is 9.90 Å². The molecule has 0 aliphatic carbocycles. The van der Waals surface area contributed by atoms with Gasteiger partial charge >= 0.3 is 0 Å². The van der Waals surface area contributed by atoms with Gasteiger partial charge in [0.2, 0.25) is 5.91 Å². The van der Waals surface area contributed by atoms with Gasteiger partial charge in [-0.1, -0.05) is 26.0 Å². The molecule has 1 aromatic rings. The number of phenolic OH excluding ortho intramolecular Hbond substituents is 1. The first-order valence-electron chi connectivity index (χ1n) is 6.24. The molecule has 1 unspecified atom stereocenters. The van der Waals surface area contributed by atoms with Crippen LogP contribution in [0.5, 0.6) is 5.75 Å². The van der Waals surface area contributed by atoms with Crippen molar-refractivity contribution in [1.82, 2.24) is 5.32 Å². The van der Waals surface area contributed by atoms with E-state index < -0.39 is 6.04 Å². The summed E-state index contributed by atoms with van der Waals surface area (Å²) < 4.78 is 0. The average molecular weight is 287 g/mol. The molecular weight excluding hydrogens is 264 g/mol. The molecule has 1 rings (SSSR count). The van der Waals surface area contributed by atoms with Gasteiger partial charge in [-0.2, -0.15) is 0 Å². The van der Waals surface area contributed by atoms with Gasteiger partial charge in [0.05, 0.1) is 6.04 Å². The van der Waals surface area contributed by atoms with E-state index >= 15 is 0 Å². The number of rotatable bonds is 5. The Morgan fingerprint density at radius 3 is 2.26 bits per heavy atom. The smallest absolute Gasteiger partial charge is 0.237 e. The normalized spacial score (nSPS) is 13.5. The van der Waals surface area contributed by atoms with Crippen LogP contribution in [0.25, 0.3) is 0 Å². The molecule has 0 saturated heterocycles. The van der Waals surface area contributed by atoms with Crippen molar-refractivity contribution in [2.45, 2.75) is 39.3 Å². The van der Waals surface area contributed by atoms with Gasteiger partial charge in [-0.3, -0.25) is 4.79 Å². The van der Waals surface area contributed by atoms with Crippen LogP contribution in [0.15, 0.2) is 24.3 Å². The SMILES string of the molecule is CC(Cc1ccc(O)cc1)NC(=O)[C@@H](N)C(C)C.Cl. The summed E-state index contributed by atoms with van der Waals surface area (Å²) in [6.45, 7) is 5.79. The number of carbonyl (C=O) groups is 1. The first-order valence-corrected chi connectivity index (χ1v) is 6.24. The minimum absolute atomic E-state index is 0. The fourth-order valence-electron chi connectivity index (χ4n) is 1.68. The van der Waals surface area contributed by atoms with Crippen LogP contribution >= 0.6 is 12.4 Å². The van der Waals surface area contributed by atoms with E-state index in [1.54, 1.807) is 12.1 Å². The minimum Gasteiger partial charge on any atom is -0.508 e. The summed E-state index contributed by atoms with van der Waals surface area (Å²) in [5.41, 5.74) is 6.84. The number of halogens is 1. The van der Waals surface area contributed by atoms with Gasteiger partial charge in [0.15, 0.2) is 0 Å². The fraction of sp³-hybridized carbons (Fsp3) is 0.500. The van der Waals surface area contributed by atoms with Gasteiger partial charge in [-0.25, -0.2) is 0 Å². The number of nitrogens with two attached hydrogens (primary N) is 1. The number of benzene rings is 1. The lowest BCUT2D eigenvalue weighted by atomic mass is 10.0. The highest BCUT2D eigenvalue weighted by atomic mass is 35.5. The highest BCUT2D eigenvalue weighted by Gasteiger charge is 2.18. The van der Waals surface area contributed by atoms with Crippen molar-refractivity contribution in [3.63, 3.8) is 0 Å². The predicted octanol–water partition coefficient (Wildman–Crippen LogP) is 1.84. The highest BCUT2D eigenvalue weighted by Crippen LogP contribution is 2.11. The van der Waals surface area contributed by atoms with Crippen molar-refractivity contribution in [2.24, 2.45) is 11.7 Å². The molecule has 2 atom stereocenters. The van der Waals surface area contributed by atoms with Gasteiger partial charge in [0.1, 0.15) is 5.75 Å². The monoisotopic (exact) mass is 286 g/mol. The second-order valence-electron chi connectivity index (χ2n) is 5.05. The molecule has 1 aromatic carbocycles. The summed E-state index contributed by atoms with van der Waals surface area (Å²) in [7, 11) is 0. The zero-order chi connectivity index (χ0) is 13.7. The lowest BCUT2D eigenvalue weighted by molar-refractivity contribution is -0.123. The molecule has 0 aliphatic heterocycles. The lowest BCUT2D eigenvalue weighted by Crippen LogP contribution is -2.47. The van der Waals surface area contributed by atoms with Gasteiger partial charge in [-0.05, 0) is 37.0 Å². The first kappa shape index (κ1) is 17.7. The standard InChI is InChI=1S/C14H22N2O2.ClH/c1-9(2)13(15)14(18)16-10(3)8-11-4-6-12(17)7-5-11;/h4-7,9-10,13,17H,8,15H2,1-3H3,(H,16,18);1H/t10?,13-;/m0./s1. The van der Waals surface area contributed by atoms with Crippen LogP contribution in [0, 0.1) is 5.92 Å². The minimum atomic E-state index is -0.465. The van der Waals surface area contributed by atoms with Crippen LogP contribution in [-0.4, -0.2) is 23.1 Å². The maximum Gasteiger partial charge on any atom is 0.237 e. The molecule has 0 heterocycles. The van der Waals surface area contributed by atoms with Gasteiger partial charge in [0, 0.05) is 6.04 Å². The molecule has 5 heteroatoms. The Hall–Kier alpha value is -1.26. The Balaban J connectivity index is 0.00000324. The molecule has 0 bridgehead atoms. The van der Waals surface area contributed by atoms with E-state index in [0.717, 1.165) is 12.0 Å². The summed E-state index contributed by atoms with van der Waals surface area (Å²) in [4.78, 5) is 11.8. The fourth-order valence-corrected chi connectivity index (χ4v) is 1.68. The highest BCUT2D eigenvalue weighted by molar-refractivity contribution is 5.85. The van der Waals surface area contributed by atoms with Crippen molar-refractivity contribution >= 4 is 18.3 Å². The molecule has 0 aromatic heterocycles. The van der Waals surface area contributed by atoms with E-state index in [1.165, 1.54) is 0 Å². The molecule has 0 aliphatic rings. The zero-order valence-electron chi connectivity index (χ0n) is 11.6. The Labute approximate surface area is 120 Å². The molecule has 1 amide bonds. The van der Waals surface area contributed by atoms with Crippen LogP contribution in [0.3, 0.4) is 0 Å². The molecule has 108 valence electrons. The third-order valence-corrected chi connectivity index (χ3v) is 2.89. The molecule has 4 N–H and O–H groups in total. The molecule has 0 fully saturated rings. The van der Waals surface area contributed by atoms with Gasteiger partial charge < -0.3 is 16.2 Å². The van der Waals surface area contributed by atoms with E-state index in [9.17, 15) is 9.90 Å². The number of hydrogen-bond acceptors (Lipinski definition) is 3. The van der Waals surface area contributed by atoms with Crippen molar-refractivity contribution in [3.05, 3.63) is 29.8 Å². The number of phenols is 1. The number of aromatic hydroxyl groups is 1. The third kappa shape index (κ3) is 5.94. The van der Waals surface area contributed by atoms with Gasteiger partial charge in [-0.15, -0.1) is 12.4 Å². The maximum atomic E-state index is 11.8. The van der Waals surface area contributed by atoms with E-state index in [0.29, 0.717) is 0 Å². The molecule has 0 radical (unpaired) electrons. The summed E-state index contributed by atoms with van der Waals surface area (Å²) in [5.74, 6) is 0.263. The average Bonchev–Trinajstić information content (AvgIpc) is 2.30. The number of amides is 1. The maximum absolute atomic E-state index is 11.8. The number of nitrogens with one attached hydrogen (secondary N) is 1. The van der Waals surface area contributed by atoms with Crippen molar-refractivity contribution in [1.29, 1.82) is 0 Å². The van der Waals surface area contributed by atoms with Crippen LogP contribution in [0.2, 0.25) is 0 Å². The van der Waals surface area contributed by atoms with Gasteiger partial charge in [0.25, 0.3) is 0 Å². The first-order chi connectivity index (χ1) is 8.40. The van der Waals surface area contributed by atoms with E-state index in [4.69, 9.17) is 5.73 Å². The quantitative estimate of drug-likeness (QED) is 0.773. The van der Waals surface area contributed by atoms with Crippen molar-refractivity contribution in [2.75, 3.05) is 0 Å². The lowest BCUT2D eigenvalue weighted by Gasteiger charge is -2.19. The predicted molar refractivity (Wildman–Crippen MR) is 79.5 cm³/mol. The van der Waals surface area contributed by atoms with E-state index in [1.807, 2.05) is 32.9 Å². The summed E-state index contributed by atoms with van der Waals surface area (Å²) in [6, 6.07) is 6.54. The summed E-state index contributed by atoms with van der Waals surface area (Å²) >= 11 is 0. The molecule has 0 spiro atoms. The van der Waals surface area contributed by atoms with Crippen LogP contribution in [0.1, 0.15) is 26.3 Å². The van der Waals surface area contributed by atoms with Crippen LogP contribution in [0.4, 0.5) is 0 Å². The Morgan fingerprint density at radius 1 is 1.26 bits per heavy atom. The van der Waals surface area contributed by atoms with Crippen LogP contribution in [-0.2, 0) is 11.2 Å². The summed E-state index contributed by atoms with van der Waals surface area (Å²) in [6.07, 6.45) is 0.719. The topological polar surface area (TPSA) is 75.3 Å². The molecular formula is C14H23ClN2O2. The second kappa shape index (κ2) is 8.02. The van der Waals surface area contributed by atoms with Crippen molar-refractivity contribution in [3.8, 4) is 5.75 Å². The van der Waals surface area contributed by atoms with Crippen LogP contribution < -0.4 is 11.1 Å². The summed E-state index contributed by atoms with van der Waals surface area (Å²) in [5, 5.41) is 12.1. The largest absolute Gasteiger partial charge is 0.508 e. The van der Waals surface area contributed by atoms with E-state index in [-0.39, 0.29) is 36.0 Å². The Bertz CT molecular complexity index is 393. The zero-order valence-corrected chi connectivity index (χ0v) is 12.4.